The molecule has 1 aliphatic rings. The Labute approximate surface area is 179 Å². The molecule has 0 radical (unpaired) electrons. The first-order chi connectivity index (χ1) is 14.0. The molecular weight excluding hydrogens is 450 g/mol. The minimum Gasteiger partial charge on any atom is -0.300 e. The van der Waals surface area contributed by atoms with E-state index in [1.54, 1.807) is 0 Å². The second-order valence-corrected chi connectivity index (χ2v) is 13.5. The Kier molecular flexibility index (Phi) is 8.94. The third-order valence-corrected chi connectivity index (χ3v) is 9.06. The van der Waals surface area contributed by atoms with Crippen molar-refractivity contribution in [3.05, 3.63) is 34.4 Å². The normalized spacial score (nSPS) is 17.2. The Morgan fingerprint density at radius 1 is 1.20 bits per heavy atom. The lowest BCUT2D eigenvalue weighted by molar-refractivity contribution is -0.387. The van der Waals surface area contributed by atoms with E-state index in [-0.39, 0.29) is 29.5 Å². The van der Waals surface area contributed by atoms with Gasteiger partial charge in [-0.2, -0.15) is 4.31 Å². The Hall–Kier alpha value is -1.38. The first kappa shape index (κ1) is 24.9. The highest BCUT2D eigenvalue weighted by Crippen LogP contribution is 2.26. The van der Waals surface area contributed by atoms with Crippen molar-refractivity contribution in [3.63, 3.8) is 0 Å². The Balaban J connectivity index is 2.16. The molecule has 13 heteroatoms. The van der Waals surface area contributed by atoms with Crippen LogP contribution in [0.25, 0.3) is 0 Å². The van der Waals surface area contributed by atoms with E-state index in [1.807, 2.05) is 18.0 Å². The average molecular weight is 479 g/mol. The van der Waals surface area contributed by atoms with E-state index in [1.165, 1.54) is 28.6 Å². The molecule has 0 aromatic heterocycles. The summed E-state index contributed by atoms with van der Waals surface area (Å²) in [7, 11) is -8.03. The molecule has 0 atom stereocenters. The number of nitro benzene ring substituents is 1. The predicted molar refractivity (Wildman–Crippen MR) is 115 cm³/mol. The van der Waals surface area contributed by atoms with E-state index in [9.17, 15) is 26.9 Å². The Morgan fingerprint density at radius 2 is 1.83 bits per heavy atom. The summed E-state index contributed by atoms with van der Waals surface area (Å²) >= 11 is 0. The summed E-state index contributed by atoms with van der Waals surface area (Å²) in [6.45, 7) is 5.71. The maximum Gasteiger partial charge on any atom is 0.466 e. The number of rotatable bonds is 11. The second kappa shape index (κ2) is 10.8. The molecule has 1 heterocycles. The van der Waals surface area contributed by atoms with Gasteiger partial charge in [0.1, 0.15) is 0 Å². The van der Waals surface area contributed by atoms with Crippen LogP contribution >= 0.6 is 0 Å². The monoisotopic (exact) mass is 478 g/mol. The molecule has 0 saturated carbocycles. The van der Waals surface area contributed by atoms with Gasteiger partial charge >= 0.3 is 9.04 Å². The molecule has 0 N–H and O–H groups in total. The quantitative estimate of drug-likeness (QED) is 0.199. The number of nitro groups is 1. The fraction of sp³-hybridized carbons (Fsp3) is 0.647. The Morgan fingerprint density at radius 3 is 2.43 bits per heavy atom. The molecule has 0 amide bonds. The van der Waals surface area contributed by atoms with Gasteiger partial charge in [0.15, 0.2) is 14.7 Å². The van der Waals surface area contributed by atoms with E-state index in [0.717, 1.165) is 0 Å². The molecule has 0 bridgehead atoms. The van der Waals surface area contributed by atoms with Crippen LogP contribution in [0.1, 0.15) is 6.42 Å². The van der Waals surface area contributed by atoms with Crippen molar-refractivity contribution in [2.24, 2.45) is 0 Å². The van der Waals surface area contributed by atoms with E-state index in [2.05, 4.69) is 0 Å². The van der Waals surface area contributed by atoms with Crippen molar-refractivity contribution in [2.75, 3.05) is 50.8 Å². The summed E-state index contributed by atoms with van der Waals surface area (Å²) < 4.78 is 56.5. The maximum absolute atomic E-state index is 13.2. The van der Waals surface area contributed by atoms with Gasteiger partial charge in [-0.1, -0.05) is 12.1 Å². The highest BCUT2D eigenvalue weighted by Gasteiger charge is 2.32. The van der Waals surface area contributed by atoms with Crippen molar-refractivity contribution in [3.8, 4) is 0 Å². The number of para-hydroxylation sites is 1. The molecule has 1 aromatic rings. The molecule has 0 unspecified atom stereocenters. The zero-order valence-corrected chi connectivity index (χ0v) is 19.8. The molecular formula is C17H28N3O7S2Si+. The van der Waals surface area contributed by atoms with Gasteiger partial charge in [0.2, 0.25) is 10.0 Å². The third kappa shape index (κ3) is 7.09. The first-order valence-corrected chi connectivity index (χ1v) is 15.3. The smallest absolute Gasteiger partial charge is 0.300 e. The average Bonchev–Trinajstić information content (AvgIpc) is 2.68. The van der Waals surface area contributed by atoms with Crippen LogP contribution in [-0.2, 0) is 24.3 Å². The number of benzene rings is 1. The first-order valence-electron chi connectivity index (χ1n) is 9.62. The van der Waals surface area contributed by atoms with E-state index in [4.69, 9.17) is 4.43 Å². The van der Waals surface area contributed by atoms with Gasteiger partial charge < -0.3 is 4.90 Å². The van der Waals surface area contributed by atoms with Gasteiger partial charge in [0.25, 0.3) is 5.69 Å². The van der Waals surface area contributed by atoms with Crippen molar-refractivity contribution in [1.82, 2.24) is 9.21 Å². The third-order valence-electron chi connectivity index (χ3n) is 4.73. The number of sulfonamides is 1. The summed E-state index contributed by atoms with van der Waals surface area (Å²) in [5, 5.41) is 11.3. The van der Waals surface area contributed by atoms with Crippen LogP contribution < -0.4 is 0 Å². The molecule has 10 nitrogen and oxygen atoms in total. The molecule has 1 aromatic carbocycles. The number of sulfone groups is 1. The van der Waals surface area contributed by atoms with Crippen molar-refractivity contribution in [1.29, 1.82) is 0 Å². The number of nitrogens with zero attached hydrogens (tertiary/aromatic N) is 3. The van der Waals surface area contributed by atoms with Gasteiger partial charge in [-0.25, -0.2) is 21.3 Å². The SMILES string of the molecule is C[Si+](C)OCCCN(CCN1CCS(=O)(=O)CC1)S(=O)(=O)c1ccccc1[N+](=O)[O-]. The number of hydrogen-bond acceptors (Lipinski definition) is 8. The molecule has 0 spiro atoms. The molecule has 2 rings (SSSR count). The van der Waals surface area contributed by atoms with E-state index in [0.29, 0.717) is 32.7 Å². The molecule has 1 aliphatic heterocycles. The van der Waals surface area contributed by atoms with Crippen LogP contribution in [0.4, 0.5) is 5.69 Å². The standard InChI is InChI=1S/C17H28N3O7S2Si/c1-30(2)27-13-5-8-19(10-9-18-11-14-28(23,24)15-12-18)29(25,26)17-7-4-3-6-16(17)20(21)22/h3-4,6-7H,5,8-15H2,1-2H3/q+1. The van der Waals surface area contributed by atoms with E-state index < -0.39 is 39.5 Å². The van der Waals surface area contributed by atoms with Crippen LogP contribution in [0.5, 0.6) is 0 Å². The largest absolute Gasteiger partial charge is 0.466 e. The zero-order chi connectivity index (χ0) is 22.4. The van der Waals surface area contributed by atoms with Crippen molar-refractivity contribution >= 4 is 34.6 Å². The highest BCUT2D eigenvalue weighted by atomic mass is 32.2. The van der Waals surface area contributed by atoms with Gasteiger partial charge in [0, 0.05) is 38.8 Å². The topological polar surface area (TPSA) is 127 Å². The fourth-order valence-corrected chi connectivity index (χ4v) is 6.52. The molecule has 0 aliphatic carbocycles. The molecule has 30 heavy (non-hydrogen) atoms. The van der Waals surface area contributed by atoms with Crippen LogP contribution in [0.3, 0.4) is 0 Å². The zero-order valence-electron chi connectivity index (χ0n) is 17.2. The number of hydrogen-bond donors (Lipinski definition) is 0. The van der Waals surface area contributed by atoms with Crippen molar-refractivity contribution in [2.45, 2.75) is 24.4 Å². The second-order valence-electron chi connectivity index (χ2n) is 7.23. The van der Waals surface area contributed by atoms with Crippen LogP contribution in [-0.4, -0.2) is 90.8 Å². The summed E-state index contributed by atoms with van der Waals surface area (Å²) in [6, 6.07) is 5.30. The van der Waals surface area contributed by atoms with Crippen molar-refractivity contribution < 1.29 is 26.2 Å². The van der Waals surface area contributed by atoms with Gasteiger partial charge in [0.05, 0.1) is 36.1 Å². The summed E-state index contributed by atoms with van der Waals surface area (Å²) in [6.07, 6.45) is 0.462. The molecule has 1 saturated heterocycles. The maximum atomic E-state index is 13.2. The van der Waals surface area contributed by atoms with Crippen LogP contribution in [0.15, 0.2) is 29.2 Å². The van der Waals surface area contributed by atoms with Crippen LogP contribution in [0.2, 0.25) is 13.1 Å². The summed E-state index contributed by atoms with van der Waals surface area (Å²) in [5.74, 6) is 0.102. The lowest BCUT2D eigenvalue weighted by atomic mass is 10.3. The fourth-order valence-electron chi connectivity index (χ4n) is 3.06. The van der Waals surface area contributed by atoms with Crippen LogP contribution in [0, 0.1) is 10.1 Å². The van der Waals surface area contributed by atoms with Gasteiger partial charge in [-0.15, -0.1) is 0 Å². The van der Waals surface area contributed by atoms with E-state index >= 15 is 0 Å². The lowest BCUT2D eigenvalue weighted by Crippen LogP contribution is -2.45. The predicted octanol–water partition coefficient (Wildman–Crippen LogP) is 0.974. The van der Waals surface area contributed by atoms with Gasteiger partial charge in [-0.3, -0.25) is 10.1 Å². The molecule has 168 valence electrons. The summed E-state index contributed by atoms with van der Waals surface area (Å²) in [4.78, 5) is 12.2. The Bertz CT molecular complexity index is 924. The highest BCUT2D eigenvalue weighted by molar-refractivity contribution is 7.91. The summed E-state index contributed by atoms with van der Waals surface area (Å²) in [5.41, 5.74) is -0.463. The van der Waals surface area contributed by atoms with Gasteiger partial charge in [-0.05, 0) is 12.5 Å². The minimum atomic E-state index is -4.10. The molecule has 1 fully saturated rings. The lowest BCUT2D eigenvalue weighted by Gasteiger charge is -2.29. The minimum absolute atomic E-state index is 0.0511.